The van der Waals surface area contributed by atoms with Crippen LogP contribution in [0.5, 0.6) is 0 Å². The van der Waals surface area contributed by atoms with E-state index >= 15 is 0 Å². The Bertz CT molecular complexity index is 401. The van der Waals surface area contributed by atoms with E-state index in [-0.39, 0.29) is 13.1 Å². The van der Waals surface area contributed by atoms with E-state index in [4.69, 9.17) is 4.74 Å². The zero-order valence-electron chi connectivity index (χ0n) is 7.99. The van der Waals surface area contributed by atoms with Gasteiger partial charge in [0, 0.05) is 6.20 Å². The fourth-order valence-electron chi connectivity index (χ4n) is 1.36. The van der Waals surface area contributed by atoms with Gasteiger partial charge in [0.2, 0.25) is 0 Å². The molecule has 1 aliphatic heterocycles. The van der Waals surface area contributed by atoms with E-state index in [1.807, 2.05) is 0 Å². The first-order chi connectivity index (χ1) is 7.45. The average molecular weight is 235 g/mol. The lowest BCUT2D eigenvalue weighted by molar-refractivity contribution is -0.141. The van der Waals surface area contributed by atoms with Gasteiger partial charge in [-0.1, -0.05) is 0 Å². The van der Waals surface area contributed by atoms with Crippen LogP contribution in [-0.2, 0) is 17.5 Å². The Kier molecular flexibility index (Phi) is 2.49. The molecule has 0 spiro atoms. The van der Waals surface area contributed by atoms with Crippen molar-refractivity contribution in [3.8, 4) is 0 Å². The first-order valence-corrected chi connectivity index (χ1v) is 4.50. The Hall–Kier alpha value is -1.73. The van der Waals surface area contributed by atoms with Gasteiger partial charge in [-0.05, 0) is 6.07 Å². The molecule has 1 aliphatic rings. The Labute approximate surface area is 88.2 Å². The highest BCUT2D eigenvalue weighted by Gasteiger charge is 2.34. The Morgan fingerprint density at radius 3 is 2.88 bits per heavy atom. The molecule has 1 atom stereocenters. The normalized spacial score (nSPS) is 20.7. The number of carbonyl (C=O) groups is 1. The molecular weight excluding hydrogens is 227 g/mol. The number of nitrogens with zero attached hydrogens (tertiary/aromatic N) is 2. The molecule has 1 N–H and O–H groups in total. The average Bonchev–Trinajstić information content (AvgIpc) is 2.74. The summed E-state index contributed by atoms with van der Waals surface area (Å²) in [6, 6.07) is 0.879. The summed E-state index contributed by atoms with van der Waals surface area (Å²) in [6.07, 6.45) is -4.29. The molecule has 8 heteroatoms. The van der Waals surface area contributed by atoms with Crippen molar-refractivity contribution in [2.24, 2.45) is 0 Å². The molecule has 0 bridgehead atoms. The molecule has 0 aromatic carbocycles. The van der Waals surface area contributed by atoms with Gasteiger partial charge in [-0.15, -0.1) is 0 Å². The molecule has 2 rings (SSSR count). The smallest absolute Gasteiger partial charge is 0.435 e. The zero-order chi connectivity index (χ0) is 11.8. The van der Waals surface area contributed by atoms with Gasteiger partial charge in [-0.3, -0.25) is 4.68 Å². The van der Waals surface area contributed by atoms with Crippen molar-refractivity contribution in [1.82, 2.24) is 15.1 Å². The highest BCUT2D eigenvalue weighted by molar-refractivity contribution is 5.69. The van der Waals surface area contributed by atoms with Crippen LogP contribution in [-0.4, -0.2) is 28.5 Å². The van der Waals surface area contributed by atoms with Gasteiger partial charge >= 0.3 is 12.3 Å². The van der Waals surface area contributed by atoms with Crippen molar-refractivity contribution in [2.45, 2.75) is 18.8 Å². The molecule has 1 saturated heterocycles. The van der Waals surface area contributed by atoms with Crippen LogP contribution in [0, 0.1) is 0 Å². The number of alkyl halides is 3. The lowest BCUT2D eigenvalue weighted by atomic mass is 10.4. The number of rotatable bonds is 2. The lowest BCUT2D eigenvalue weighted by Crippen LogP contribution is -2.21. The number of halogens is 3. The number of amides is 1. The maximum absolute atomic E-state index is 12.2. The molecule has 1 unspecified atom stereocenters. The highest BCUT2D eigenvalue weighted by atomic mass is 19.4. The van der Waals surface area contributed by atoms with E-state index in [2.05, 4.69) is 10.4 Å². The van der Waals surface area contributed by atoms with Crippen LogP contribution in [0.25, 0.3) is 0 Å². The van der Waals surface area contributed by atoms with Crippen LogP contribution in [0.15, 0.2) is 12.3 Å². The van der Waals surface area contributed by atoms with E-state index in [1.165, 1.54) is 6.20 Å². The summed E-state index contributed by atoms with van der Waals surface area (Å²) in [5.74, 6) is 0. The molecule has 0 aliphatic carbocycles. The summed E-state index contributed by atoms with van der Waals surface area (Å²) in [5, 5.41) is 5.75. The fraction of sp³-hybridized carbons (Fsp3) is 0.500. The van der Waals surface area contributed by atoms with Gasteiger partial charge in [0.25, 0.3) is 0 Å². The van der Waals surface area contributed by atoms with Crippen LogP contribution in [0.4, 0.5) is 18.0 Å². The van der Waals surface area contributed by atoms with Crippen molar-refractivity contribution in [1.29, 1.82) is 0 Å². The number of nitrogens with one attached hydrogen (secondary N) is 1. The third-order valence-corrected chi connectivity index (χ3v) is 2.07. The highest BCUT2D eigenvalue weighted by Crippen LogP contribution is 2.27. The number of carbonyl (C=O) groups excluding carboxylic acids is 1. The van der Waals surface area contributed by atoms with E-state index < -0.39 is 24.1 Å². The second-order valence-corrected chi connectivity index (χ2v) is 3.33. The Morgan fingerprint density at radius 1 is 1.62 bits per heavy atom. The van der Waals surface area contributed by atoms with Crippen molar-refractivity contribution < 1.29 is 22.7 Å². The number of hydrogen-bond donors (Lipinski definition) is 1. The lowest BCUT2D eigenvalue weighted by Gasteiger charge is -2.07. The van der Waals surface area contributed by atoms with Crippen LogP contribution in [0.1, 0.15) is 5.69 Å². The third-order valence-electron chi connectivity index (χ3n) is 2.07. The third kappa shape index (κ3) is 2.26. The standard InChI is InChI=1S/C8H8F3N3O2/c9-8(10,11)6-1-2-14(13-6)4-5-3-12-7(15)16-5/h1-2,5H,3-4H2,(H,12,15). The molecule has 0 saturated carbocycles. The van der Waals surface area contributed by atoms with Gasteiger partial charge in [0.05, 0.1) is 13.1 Å². The second kappa shape index (κ2) is 3.69. The first kappa shape index (κ1) is 10.8. The molecule has 88 valence electrons. The maximum Gasteiger partial charge on any atom is 0.435 e. The molecule has 1 aromatic rings. The SMILES string of the molecule is O=C1NCC(Cn2ccc(C(F)(F)F)n2)O1. The fourth-order valence-corrected chi connectivity index (χ4v) is 1.36. The van der Waals surface area contributed by atoms with E-state index in [0.717, 1.165) is 10.7 Å². The quantitative estimate of drug-likeness (QED) is 0.832. The Morgan fingerprint density at radius 2 is 2.38 bits per heavy atom. The van der Waals surface area contributed by atoms with Gasteiger partial charge in [-0.2, -0.15) is 18.3 Å². The van der Waals surface area contributed by atoms with E-state index in [1.54, 1.807) is 0 Å². The summed E-state index contributed by atoms with van der Waals surface area (Å²) < 4.78 is 42.5. The number of hydrogen-bond acceptors (Lipinski definition) is 3. The molecule has 1 fully saturated rings. The van der Waals surface area contributed by atoms with Crippen molar-refractivity contribution in [2.75, 3.05) is 6.54 Å². The van der Waals surface area contributed by atoms with Crippen LogP contribution in [0.3, 0.4) is 0 Å². The van der Waals surface area contributed by atoms with E-state index in [9.17, 15) is 18.0 Å². The largest absolute Gasteiger partial charge is 0.442 e. The number of alkyl carbamates (subject to hydrolysis) is 1. The predicted molar refractivity (Wildman–Crippen MR) is 45.5 cm³/mol. The predicted octanol–water partition coefficient (Wildman–Crippen LogP) is 1.01. The molecule has 0 radical (unpaired) electrons. The van der Waals surface area contributed by atoms with Crippen molar-refractivity contribution in [3.63, 3.8) is 0 Å². The summed E-state index contributed by atoms with van der Waals surface area (Å²) >= 11 is 0. The summed E-state index contributed by atoms with van der Waals surface area (Å²) in [4.78, 5) is 10.7. The van der Waals surface area contributed by atoms with Crippen LogP contribution in [0.2, 0.25) is 0 Å². The number of cyclic esters (lactones) is 1. The summed E-state index contributed by atoms with van der Waals surface area (Å²) in [6.45, 7) is 0.384. The first-order valence-electron chi connectivity index (χ1n) is 4.50. The minimum absolute atomic E-state index is 0.106. The van der Waals surface area contributed by atoms with Gasteiger partial charge in [-0.25, -0.2) is 4.79 Å². The van der Waals surface area contributed by atoms with Gasteiger partial charge in [0.15, 0.2) is 5.69 Å². The molecule has 5 nitrogen and oxygen atoms in total. The summed E-state index contributed by atoms with van der Waals surface area (Å²) in [5.41, 5.74) is -0.954. The zero-order valence-corrected chi connectivity index (χ0v) is 7.99. The second-order valence-electron chi connectivity index (χ2n) is 3.33. The number of aromatic nitrogens is 2. The molecule has 16 heavy (non-hydrogen) atoms. The molecule has 2 heterocycles. The molecular formula is C8H8F3N3O2. The van der Waals surface area contributed by atoms with Gasteiger partial charge in [0.1, 0.15) is 6.10 Å². The molecule has 1 aromatic heterocycles. The van der Waals surface area contributed by atoms with Crippen LogP contribution < -0.4 is 5.32 Å². The maximum atomic E-state index is 12.2. The minimum atomic E-state index is -4.45. The Balaban J connectivity index is 2.00. The van der Waals surface area contributed by atoms with Crippen molar-refractivity contribution >= 4 is 6.09 Å². The van der Waals surface area contributed by atoms with Crippen molar-refractivity contribution in [3.05, 3.63) is 18.0 Å². The minimum Gasteiger partial charge on any atom is -0.442 e. The van der Waals surface area contributed by atoms with Crippen LogP contribution >= 0.6 is 0 Å². The van der Waals surface area contributed by atoms with Gasteiger partial charge < -0.3 is 10.1 Å². The number of ether oxygens (including phenoxy) is 1. The monoisotopic (exact) mass is 235 g/mol. The van der Waals surface area contributed by atoms with E-state index in [0.29, 0.717) is 0 Å². The molecule has 1 amide bonds. The summed E-state index contributed by atoms with van der Waals surface area (Å²) in [7, 11) is 0. The topological polar surface area (TPSA) is 56.2 Å².